The molecule has 0 radical (unpaired) electrons. The number of fused-ring (bicyclic) bond motifs is 5. The van der Waals surface area contributed by atoms with E-state index in [4.69, 9.17) is 9.47 Å². The van der Waals surface area contributed by atoms with E-state index in [2.05, 4.69) is 0 Å². The minimum atomic E-state index is -1.84. The van der Waals surface area contributed by atoms with Crippen LogP contribution in [0.15, 0.2) is 35.1 Å². The summed E-state index contributed by atoms with van der Waals surface area (Å²) in [6, 6.07) is 0. The summed E-state index contributed by atoms with van der Waals surface area (Å²) in [6.07, 6.45) is -4.84. The van der Waals surface area contributed by atoms with Crippen molar-refractivity contribution in [3.63, 3.8) is 0 Å². The summed E-state index contributed by atoms with van der Waals surface area (Å²) in [6.45, 7) is 11.4. The van der Waals surface area contributed by atoms with Crippen LogP contribution in [0, 0.1) is 34.0 Å². The largest absolute Gasteiger partial charge is 0.458 e. The van der Waals surface area contributed by atoms with Gasteiger partial charge in [-0.3, -0.25) is 9.59 Å². The Morgan fingerprint density at radius 1 is 1.04 bits per heavy atom. The molecule has 5 aliphatic rings. The smallest absolute Gasteiger partial charge is 0.229 e. The van der Waals surface area contributed by atoms with Gasteiger partial charge in [-0.15, -0.1) is 0 Å². The van der Waals surface area contributed by atoms with Crippen molar-refractivity contribution in [2.75, 3.05) is 6.61 Å². The van der Waals surface area contributed by atoms with E-state index in [-0.39, 0.29) is 36.7 Å². The van der Waals surface area contributed by atoms with Gasteiger partial charge in [-0.2, -0.15) is 0 Å². The van der Waals surface area contributed by atoms with Crippen LogP contribution < -0.4 is 0 Å². The molecule has 4 aliphatic carbocycles. The molecule has 0 aromatic carbocycles. The fraction of sp³-hybridized carbons (Fsp3) is 0.771. The van der Waals surface area contributed by atoms with Gasteiger partial charge in [-0.1, -0.05) is 39.0 Å². The molecule has 12 heteroatoms. The normalized spacial score (nSPS) is 46.0. The summed E-state index contributed by atoms with van der Waals surface area (Å²) in [7, 11) is 0. The highest BCUT2D eigenvalue weighted by Crippen LogP contribution is 2.73. The molecule has 0 bridgehead atoms. The number of aliphatic hydroxyl groups excluding tert-OH is 6. The first kappa shape index (κ1) is 36.3. The fourth-order valence-electron chi connectivity index (χ4n) is 9.98. The molecule has 1 heterocycles. The topological polar surface area (TPSA) is 214 Å². The van der Waals surface area contributed by atoms with Crippen molar-refractivity contribution in [3.05, 3.63) is 35.1 Å². The third kappa shape index (κ3) is 5.39. The van der Waals surface area contributed by atoms with Gasteiger partial charge in [-0.25, -0.2) is 0 Å². The second kappa shape index (κ2) is 11.8. The van der Waals surface area contributed by atoms with Crippen molar-refractivity contribution in [2.24, 2.45) is 34.0 Å². The second-order valence-electron chi connectivity index (χ2n) is 16.0. The van der Waals surface area contributed by atoms with Crippen molar-refractivity contribution in [1.29, 1.82) is 0 Å². The minimum Gasteiger partial charge on any atom is -0.458 e. The number of aliphatic hydroxyl groups is 8. The zero-order chi connectivity index (χ0) is 35.2. The number of hydrogen-bond acceptors (Lipinski definition) is 12. The Hall–Kier alpha value is -2.00. The molecule has 1 unspecified atom stereocenters. The number of hydrogen-bond donors (Lipinski definition) is 8. The van der Waals surface area contributed by atoms with Crippen molar-refractivity contribution in [1.82, 2.24) is 0 Å². The molecular weight excluding hydrogens is 612 g/mol. The molecule has 1 aliphatic heterocycles. The lowest BCUT2D eigenvalue weighted by atomic mass is 9.39. The highest BCUT2D eigenvalue weighted by atomic mass is 16.7. The minimum absolute atomic E-state index is 0.00522. The molecule has 47 heavy (non-hydrogen) atoms. The summed E-state index contributed by atoms with van der Waals surface area (Å²) in [4.78, 5) is 28.2. The Morgan fingerprint density at radius 3 is 2.28 bits per heavy atom. The average molecular weight is 665 g/mol. The van der Waals surface area contributed by atoms with E-state index in [9.17, 15) is 50.4 Å². The maximum atomic E-state index is 14.5. The Kier molecular flexibility index (Phi) is 9.12. The lowest BCUT2D eigenvalue weighted by molar-refractivity contribution is -0.291. The molecule has 1 saturated heterocycles. The predicted molar refractivity (Wildman–Crippen MR) is 167 cm³/mol. The highest BCUT2D eigenvalue weighted by molar-refractivity contribution is 5.99. The lowest BCUT2D eigenvalue weighted by Crippen LogP contribution is -2.64. The Labute approximate surface area is 275 Å². The van der Waals surface area contributed by atoms with Gasteiger partial charge in [0.2, 0.25) is 6.29 Å². The molecule has 5 rings (SSSR count). The maximum absolute atomic E-state index is 14.5. The molecule has 0 amide bonds. The van der Waals surface area contributed by atoms with Gasteiger partial charge >= 0.3 is 0 Å². The predicted octanol–water partition coefficient (Wildman–Crippen LogP) is 0.424. The van der Waals surface area contributed by atoms with E-state index < -0.39 is 94.6 Å². The van der Waals surface area contributed by atoms with Gasteiger partial charge < -0.3 is 50.3 Å². The lowest BCUT2D eigenvalue weighted by Gasteiger charge is -2.63. The van der Waals surface area contributed by atoms with Crippen LogP contribution in [0.2, 0.25) is 0 Å². The molecule has 8 N–H and O–H groups in total. The summed E-state index contributed by atoms with van der Waals surface area (Å²) in [5, 5.41) is 85.1. The van der Waals surface area contributed by atoms with Crippen molar-refractivity contribution in [3.8, 4) is 0 Å². The van der Waals surface area contributed by atoms with Gasteiger partial charge in [0.25, 0.3) is 0 Å². The molecule has 12 nitrogen and oxygen atoms in total. The molecule has 264 valence electrons. The Morgan fingerprint density at radius 2 is 1.68 bits per heavy atom. The van der Waals surface area contributed by atoms with E-state index in [0.717, 1.165) is 5.57 Å². The van der Waals surface area contributed by atoms with Crippen molar-refractivity contribution in [2.45, 2.75) is 128 Å². The van der Waals surface area contributed by atoms with Crippen LogP contribution in [0.3, 0.4) is 0 Å². The van der Waals surface area contributed by atoms with Gasteiger partial charge in [0.1, 0.15) is 36.3 Å². The number of carbonyl (C=O) groups excluding carboxylic acids is 2. The van der Waals surface area contributed by atoms with E-state index in [1.807, 2.05) is 26.8 Å². The van der Waals surface area contributed by atoms with Crippen LogP contribution in [-0.4, -0.2) is 113 Å². The Bertz CT molecular complexity index is 1370. The summed E-state index contributed by atoms with van der Waals surface area (Å²) < 4.78 is 11.3. The van der Waals surface area contributed by atoms with Gasteiger partial charge in [0, 0.05) is 30.1 Å². The third-order valence-electron chi connectivity index (χ3n) is 12.7. The standard InChI is InChI=1S/C35H52O12/c1-16-17-8-9-22-32(4)13-20(38)29(35(7,45)23(39)10-11-31(2,3)44)33(32,5)14-24(40)34(22,6)18(17)12-19(37)28(16)47-30-27(43)26(42)25(41)21(15-36)46-30/h8,10-11,18,20-23,25-27,29-30,36,38-39,41-45H,9,12-15H2,1-7H3/b11-10+/t18-,20+,21+,22-,23?,25+,26-,27+,29-,30-,32-,33+,34-,35-/m0/s1. The van der Waals surface area contributed by atoms with Crippen molar-refractivity contribution >= 4 is 11.6 Å². The summed E-state index contributed by atoms with van der Waals surface area (Å²) in [5.74, 6) is -2.32. The molecule has 0 spiro atoms. The summed E-state index contributed by atoms with van der Waals surface area (Å²) >= 11 is 0. The maximum Gasteiger partial charge on any atom is 0.229 e. The number of rotatable bonds is 7. The van der Waals surface area contributed by atoms with E-state index in [0.29, 0.717) is 12.0 Å². The third-order valence-corrected chi connectivity index (χ3v) is 12.7. The number of carbonyl (C=O) groups is 2. The zero-order valence-corrected chi connectivity index (χ0v) is 28.3. The number of ether oxygens (including phenoxy) is 2. The molecule has 14 atom stereocenters. The van der Waals surface area contributed by atoms with E-state index >= 15 is 0 Å². The van der Waals surface area contributed by atoms with Crippen LogP contribution in [0.4, 0.5) is 0 Å². The molecule has 0 aromatic rings. The van der Waals surface area contributed by atoms with E-state index in [1.54, 1.807) is 6.92 Å². The van der Waals surface area contributed by atoms with Crippen LogP contribution in [-0.2, 0) is 19.1 Å². The monoisotopic (exact) mass is 664 g/mol. The molecule has 0 aromatic heterocycles. The van der Waals surface area contributed by atoms with Crippen LogP contribution >= 0.6 is 0 Å². The molecular formula is C35H52O12. The number of ketones is 2. The first-order chi connectivity index (χ1) is 21.6. The Balaban J connectivity index is 1.49. The highest BCUT2D eigenvalue weighted by Gasteiger charge is 2.74. The number of Topliss-reactive ketones (excluding diaryl/α,β-unsaturated/α-hetero) is 2. The fourth-order valence-corrected chi connectivity index (χ4v) is 9.98. The van der Waals surface area contributed by atoms with Crippen LogP contribution in [0.1, 0.15) is 74.1 Å². The molecule has 3 fully saturated rings. The van der Waals surface area contributed by atoms with Crippen LogP contribution in [0.5, 0.6) is 0 Å². The first-order valence-electron chi connectivity index (χ1n) is 16.5. The van der Waals surface area contributed by atoms with Gasteiger partial charge in [0.05, 0.1) is 23.9 Å². The number of allylic oxidation sites excluding steroid dienone is 4. The summed E-state index contributed by atoms with van der Waals surface area (Å²) in [5.41, 5.74) is -4.48. The van der Waals surface area contributed by atoms with Gasteiger partial charge in [-0.05, 0) is 68.4 Å². The van der Waals surface area contributed by atoms with Crippen LogP contribution in [0.25, 0.3) is 0 Å². The average Bonchev–Trinajstić information content (AvgIpc) is 3.18. The first-order valence-corrected chi connectivity index (χ1v) is 16.5. The SMILES string of the molecule is CC1=C(O[C@@H]2O[C@H](CO)[C@@H](O)[C@H](O)[C@H]2O)C(=O)C[C@H]2C1=CC[C@@H]1[C@@]2(C)C(=O)C[C@]2(C)[C@@H]([C@@](C)(O)C(O)/C=C/C(C)(C)O)[C@H](O)C[C@@]12C. The zero-order valence-electron chi connectivity index (χ0n) is 28.3. The quantitative estimate of drug-likeness (QED) is 0.174. The van der Waals surface area contributed by atoms with Crippen molar-refractivity contribution < 1.29 is 59.9 Å². The second-order valence-corrected chi connectivity index (χ2v) is 16.0. The molecule has 2 saturated carbocycles. The van der Waals surface area contributed by atoms with Gasteiger partial charge in [0.15, 0.2) is 11.5 Å². The van der Waals surface area contributed by atoms with E-state index in [1.165, 1.54) is 32.9 Å².